The zero-order chi connectivity index (χ0) is 21.6. The third kappa shape index (κ3) is 5.01. The van der Waals surface area contributed by atoms with E-state index in [0.717, 1.165) is 0 Å². The molecular weight excluding hydrogens is 381 g/mol. The number of hydrogen-bond donors (Lipinski definition) is 1. The van der Waals surface area contributed by atoms with E-state index >= 15 is 0 Å². The molecule has 0 atom stereocenters. The molecule has 7 nitrogen and oxygen atoms in total. The zero-order valence-electron chi connectivity index (χ0n) is 16.8. The van der Waals surface area contributed by atoms with Gasteiger partial charge in [0, 0.05) is 17.0 Å². The number of carbonyl (C=O) groups excluding carboxylic acids is 3. The SMILES string of the molecule is CCOC(=O)C1=C(C)NC(C)=C(C(=O)OCC)C1C(=O)OCc1ccccc1F. The molecule has 0 amide bonds. The lowest BCUT2D eigenvalue weighted by Gasteiger charge is -2.28. The molecule has 8 heteroatoms. The molecule has 0 fully saturated rings. The molecule has 0 radical (unpaired) electrons. The summed E-state index contributed by atoms with van der Waals surface area (Å²) in [5.41, 5.74) is 0.813. The maximum absolute atomic E-state index is 13.8. The van der Waals surface area contributed by atoms with Crippen molar-refractivity contribution in [2.75, 3.05) is 13.2 Å². The Morgan fingerprint density at radius 3 is 1.93 bits per heavy atom. The summed E-state index contributed by atoms with van der Waals surface area (Å²) in [6.07, 6.45) is 0. The standard InChI is InChI=1S/C21H24FNO6/c1-5-27-19(24)16-12(3)23-13(4)17(20(25)28-6-2)18(16)21(26)29-11-14-9-7-8-10-15(14)22/h7-10,18,23H,5-6,11H2,1-4H3. The van der Waals surface area contributed by atoms with Crippen molar-refractivity contribution in [1.29, 1.82) is 0 Å². The number of nitrogens with one attached hydrogen (secondary N) is 1. The van der Waals surface area contributed by atoms with Gasteiger partial charge in [-0.1, -0.05) is 18.2 Å². The fourth-order valence-electron chi connectivity index (χ4n) is 3.04. The van der Waals surface area contributed by atoms with Crippen LogP contribution in [0.4, 0.5) is 4.39 Å². The maximum Gasteiger partial charge on any atom is 0.337 e. The highest BCUT2D eigenvalue weighted by Crippen LogP contribution is 2.32. The average molecular weight is 405 g/mol. The Morgan fingerprint density at radius 1 is 0.931 bits per heavy atom. The minimum Gasteiger partial charge on any atom is -0.463 e. The van der Waals surface area contributed by atoms with Crippen LogP contribution in [0.15, 0.2) is 46.8 Å². The van der Waals surface area contributed by atoms with Crippen molar-refractivity contribution in [2.45, 2.75) is 34.3 Å². The molecule has 156 valence electrons. The molecule has 0 saturated heterocycles. The van der Waals surface area contributed by atoms with Gasteiger partial charge in [0.25, 0.3) is 0 Å². The van der Waals surface area contributed by atoms with E-state index in [1.807, 2.05) is 0 Å². The number of dihydropyridines is 1. The summed E-state index contributed by atoms with van der Waals surface area (Å²) < 4.78 is 29.2. The van der Waals surface area contributed by atoms with E-state index in [1.165, 1.54) is 18.2 Å². The molecule has 1 aromatic rings. The highest BCUT2D eigenvalue weighted by atomic mass is 19.1. The second kappa shape index (κ2) is 9.86. The second-order valence-electron chi connectivity index (χ2n) is 6.28. The molecular formula is C21H24FNO6. The van der Waals surface area contributed by atoms with E-state index in [9.17, 15) is 18.8 Å². The van der Waals surface area contributed by atoms with Gasteiger partial charge in [0.05, 0.1) is 24.4 Å². The largest absolute Gasteiger partial charge is 0.463 e. The van der Waals surface area contributed by atoms with Crippen molar-refractivity contribution >= 4 is 17.9 Å². The first-order valence-electron chi connectivity index (χ1n) is 9.24. The number of allylic oxidation sites excluding steroid dienone is 2. The van der Waals surface area contributed by atoms with Crippen molar-refractivity contribution in [1.82, 2.24) is 5.32 Å². The third-order valence-electron chi connectivity index (χ3n) is 4.31. The van der Waals surface area contributed by atoms with Gasteiger partial charge in [0.1, 0.15) is 18.3 Å². The van der Waals surface area contributed by atoms with Crippen molar-refractivity contribution in [2.24, 2.45) is 5.92 Å². The van der Waals surface area contributed by atoms with Gasteiger partial charge < -0.3 is 19.5 Å². The minimum atomic E-state index is -1.35. The van der Waals surface area contributed by atoms with Gasteiger partial charge in [0.2, 0.25) is 0 Å². The first kappa shape index (κ1) is 22.1. The Morgan fingerprint density at radius 2 is 1.45 bits per heavy atom. The smallest absolute Gasteiger partial charge is 0.337 e. The van der Waals surface area contributed by atoms with E-state index in [1.54, 1.807) is 33.8 Å². The molecule has 29 heavy (non-hydrogen) atoms. The molecule has 2 rings (SSSR count). The second-order valence-corrected chi connectivity index (χ2v) is 6.28. The topological polar surface area (TPSA) is 90.9 Å². The molecule has 1 N–H and O–H groups in total. The van der Waals surface area contributed by atoms with Crippen molar-refractivity contribution in [3.8, 4) is 0 Å². The van der Waals surface area contributed by atoms with Crippen molar-refractivity contribution in [3.63, 3.8) is 0 Å². The van der Waals surface area contributed by atoms with E-state index in [0.29, 0.717) is 11.4 Å². The van der Waals surface area contributed by atoms with Gasteiger partial charge in [-0.05, 0) is 33.8 Å². The zero-order valence-corrected chi connectivity index (χ0v) is 16.8. The fourth-order valence-corrected chi connectivity index (χ4v) is 3.04. The van der Waals surface area contributed by atoms with Crippen LogP contribution in [-0.4, -0.2) is 31.1 Å². The minimum absolute atomic E-state index is 0.0426. The van der Waals surface area contributed by atoms with Gasteiger partial charge in [-0.25, -0.2) is 14.0 Å². The van der Waals surface area contributed by atoms with Gasteiger partial charge in [-0.3, -0.25) is 4.79 Å². The Labute approximate surface area is 168 Å². The van der Waals surface area contributed by atoms with Crippen LogP contribution < -0.4 is 5.32 Å². The van der Waals surface area contributed by atoms with E-state index in [4.69, 9.17) is 14.2 Å². The predicted octanol–water partition coefficient (Wildman–Crippen LogP) is 2.76. The number of carbonyl (C=O) groups is 3. The molecule has 1 aromatic carbocycles. The molecule has 0 unspecified atom stereocenters. The number of halogens is 1. The summed E-state index contributed by atoms with van der Waals surface area (Å²) >= 11 is 0. The summed E-state index contributed by atoms with van der Waals surface area (Å²) in [7, 11) is 0. The molecule has 1 aliphatic rings. The number of ether oxygens (including phenoxy) is 3. The monoisotopic (exact) mass is 405 g/mol. The summed E-state index contributed by atoms with van der Waals surface area (Å²) in [4.78, 5) is 38.0. The Hall–Kier alpha value is -3.16. The molecule has 0 aromatic heterocycles. The average Bonchev–Trinajstić information content (AvgIpc) is 2.66. The summed E-state index contributed by atoms with van der Waals surface area (Å²) in [5.74, 6) is -4.25. The molecule has 0 aliphatic carbocycles. The number of hydrogen-bond acceptors (Lipinski definition) is 7. The van der Waals surface area contributed by atoms with Crippen LogP contribution in [-0.2, 0) is 35.2 Å². The Kier molecular flexibility index (Phi) is 7.52. The Bertz CT molecular complexity index is 834. The van der Waals surface area contributed by atoms with Crippen LogP contribution in [0.25, 0.3) is 0 Å². The van der Waals surface area contributed by atoms with Gasteiger partial charge in [0.15, 0.2) is 0 Å². The highest BCUT2D eigenvalue weighted by molar-refractivity contribution is 6.05. The quantitative estimate of drug-likeness (QED) is 0.551. The third-order valence-corrected chi connectivity index (χ3v) is 4.31. The predicted molar refractivity (Wildman–Crippen MR) is 101 cm³/mol. The number of esters is 3. The molecule has 1 aliphatic heterocycles. The first-order valence-corrected chi connectivity index (χ1v) is 9.24. The normalized spacial score (nSPS) is 14.4. The van der Waals surface area contributed by atoms with Crippen molar-refractivity contribution < 1.29 is 33.0 Å². The molecule has 0 saturated carbocycles. The number of rotatable bonds is 7. The summed E-state index contributed by atoms with van der Waals surface area (Å²) in [6.45, 7) is 6.27. The van der Waals surface area contributed by atoms with Crippen LogP contribution in [0.3, 0.4) is 0 Å². The molecule has 1 heterocycles. The van der Waals surface area contributed by atoms with Crippen LogP contribution in [0.2, 0.25) is 0 Å². The summed E-state index contributed by atoms with van der Waals surface area (Å²) in [5, 5.41) is 2.92. The van der Waals surface area contributed by atoms with Crippen LogP contribution in [0, 0.1) is 11.7 Å². The lowest BCUT2D eigenvalue weighted by atomic mass is 9.85. The van der Waals surface area contributed by atoms with E-state index < -0.39 is 29.6 Å². The molecule has 0 spiro atoms. The first-order chi connectivity index (χ1) is 13.8. The highest BCUT2D eigenvalue weighted by Gasteiger charge is 2.42. The fraction of sp³-hybridized carbons (Fsp3) is 0.381. The van der Waals surface area contributed by atoms with Crippen LogP contribution in [0.1, 0.15) is 33.3 Å². The van der Waals surface area contributed by atoms with Gasteiger partial charge in [-0.15, -0.1) is 0 Å². The van der Waals surface area contributed by atoms with E-state index in [-0.39, 0.29) is 36.5 Å². The summed E-state index contributed by atoms with van der Waals surface area (Å²) in [6, 6.07) is 5.85. The Balaban J connectivity index is 2.40. The van der Waals surface area contributed by atoms with Gasteiger partial charge >= 0.3 is 17.9 Å². The van der Waals surface area contributed by atoms with Crippen molar-refractivity contribution in [3.05, 3.63) is 58.2 Å². The van der Waals surface area contributed by atoms with Crippen LogP contribution >= 0.6 is 0 Å². The number of benzene rings is 1. The molecule has 0 bridgehead atoms. The maximum atomic E-state index is 13.8. The van der Waals surface area contributed by atoms with E-state index in [2.05, 4.69) is 5.32 Å². The van der Waals surface area contributed by atoms with Gasteiger partial charge in [-0.2, -0.15) is 0 Å². The lowest BCUT2D eigenvalue weighted by molar-refractivity contribution is -0.152. The lowest BCUT2D eigenvalue weighted by Crippen LogP contribution is -2.38. The van der Waals surface area contributed by atoms with Crippen LogP contribution in [0.5, 0.6) is 0 Å².